The van der Waals surface area contributed by atoms with Gasteiger partial charge in [-0.25, -0.2) is 0 Å². The smallest absolute Gasteiger partial charge is 0.417 e. The lowest BCUT2D eigenvalue weighted by Crippen LogP contribution is -2.22. The molecule has 1 radical (unpaired) electrons. The molecule has 201 valence electrons. The van der Waals surface area contributed by atoms with Crippen molar-refractivity contribution in [3.8, 4) is 17.2 Å². The summed E-state index contributed by atoms with van der Waals surface area (Å²) in [5, 5.41) is -0.575. The van der Waals surface area contributed by atoms with Gasteiger partial charge in [0, 0.05) is 5.56 Å². The molecular formula is C25H18F6O6P. The van der Waals surface area contributed by atoms with Crippen LogP contribution in [0.5, 0.6) is 17.2 Å². The number of ketones is 1. The van der Waals surface area contributed by atoms with Crippen LogP contribution in [0.4, 0.5) is 26.3 Å². The molecule has 38 heavy (non-hydrogen) atoms. The number of rotatable bonds is 8. The molecule has 0 spiro atoms. The summed E-state index contributed by atoms with van der Waals surface area (Å²) < 4.78 is 111. The lowest BCUT2D eigenvalue weighted by atomic mass is 10.0. The molecule has 0 amide bonds. The van der Waals surface area contributed by atoms with Crippen molar-refractivity contribution < 1.29 is 54.7 Å². The van der Waals surface area contributed by atoms with Gasteiger partial charge >= 0.3 is 12.4 Å². The molecule has 0 bridgehead atoms. The van der Waals surface area contributed by atoms with E-state index in [9.17, 15) is 40.5 Å². The Morgan fingerprint density at radius 3 is 1.71 bits per heavy atom. The van der Waals surface area contributed by atoms with Gasteiger partial charge in [-0.05, 0) is 36.4 Å². The predicted molar refractivity (Wildman–Crippen MR) is 124 cm³/mol. The monoisotopic (exact) mass is 559 g/mol. The second-order valence-electron chi connectivity index (χ2n) is 7.55. The number of ether oxygens (including phenoxy) is 3. The fourth-order valence-electron chi connectivity index (χ4n) is 3.74. The van der Waals surface area contributed by atoms with Gasteiger partial charge in [-0.1, -0.05) is 18.2 Å². The first kappa shape index (κ1) is 28.6. The Bertz CT molecular complexity index is 1380. The molecule has 3 aromatic rings. The molecule has 1 atom stereocenters. The largest absolute Gasteiger partial charge is 0.496 e. The standard InChI is InChI=1S/C25H18F6O6P/c1-35-16-11-12-17(36-2)22(37-3)20(16)21(32)13-7-4-5-10-18(13)38(34)23(33)19-14(24(26,27)28)8-6-9-15(19)25(29,30)31/h4-12H,1-3H3. The molecule has 0 saturated heterocycles. The van der Waals surface area contributed by atoms with Crippen molar-refractivity contribution in [1.82, 2.24) is 0 Å². The maximum Gasteiger partial charge on any atom is 0.417 e. The normalized spacial score (nSPS) is 12.1. The van der Waals surface area contributed by atoms with Gasteiger partial charge in [0.1, 0.15) is 11.3 Å². The maximum absolute atomic E-state index is 13.6. The van der Waals surface area contributed by atoms with E-state index in [0.717, 1.165) is 12.1 Å². The molecule has 0 fully saturated rings. The molecule has 0 N–H and O–H groups in total. The Kier molecular flexibility index (Phi) is 8.16. The molecular weight excluding hydrogens is 541 g/mol. The van der Waals surface area contributed by atoms with E-state index in [0.29, 0.717) is 6.07 Å². The highest BCUT2D eigenvalue weighted by Crippen LogP contribution is 2.44. The van der Waals surface area contributed by atoms with Gasteiger partial charge in [-0.2, -0.15) is 26.3 Å². The van der Waals surface area contributed by atoms with Crippen LogP contribution in [-0.4, -0.2) is 32.6 Å². The molecule has 0 aliphatic heterocycles. The van der Waals surface area contributed by atoms with Crippen LogP contribution < -0.4 is 19.5 Å². The van der Waals surface area contributed by atoms with Crippen molar-refractivity contribution in [2.24, 2.45) is 0 Å². The highest BCUT2D eigenvalue weighted by Gasteiger charge is 2.44. The molecule has 6 nitrogen and oxygen atoms in total. The summed E-state index contributed by atoms with van der Waals surface area (Å²) in [4.78, 5) is 26.7. The first-order chi connectivity index (χ1) is 17.8. The van der Waals surface area contributed by atoms with Gasteiger partial charge in [0.25, 0.3) is 0 Å². The summed E-state index contributed by atoms with van der Waals surface area (Å²) in [6.45, 7) is 0. The lowest BCUT2D eigenvalue weighted by Gasteiger charge is -2.18. The van der Waals surface area contributed by atoms with E-state index in [4.69, 9.17) is 14.2 Å². The molecule has 13 heteroatoms. The average Bonchev–Trinajstić information content (AvgIpc) is 2.89. The minimum Gasteiger partial charge on any atom is -0.496 e. The van der Waals surface area contributed by atoms with Crippen LogP contribution in [0.15, 0.2) is 54.6 Å². The van der Waals surface area contributed by atoms with E-state index in [1.165, 1.54) is 45.6 Å². The summed E-state index contributed by atoms with van der Waals surface area (Å²) >= 11 is 0. The Balaban J connectivity index is 2.23. The number of hydrogen-bond acceptors (Lipinski definition) is 6. The Morgan fingerprint density at radius 1 is 0.684 bits per heavy atom. The van der Waals surface area contributed by atoms with Crippen LogP contribution in [-0.2, 0) is 16.9 Å². The third kappa shape index (κ3) is 5.35. The van der Waals surface area contributed by atoms with E-state index in [-0.39, 0.29) is 34.9 Å². The Labute approximate surface area is 212 Å². The van der Waals surface area contributed by atoms with Crippen molar-refractivity contribution in [3.63, 3.8) is 0 Å². The number of hydrogen-bond donors (Lipinski definition) is 0. The second-order valence-corrected chi connectivity index (χ2v) is 9.02. The Hall–Kier alpha value is -3.92. The van der Waals surface area contributed by atoms with Crippen LogP contribution in [0, 0.1) is 0 Å². The summed E-state index contributed by atoms with van der Waals surface area (Å²) in [5.74, 6) is -0.950. The lowest BCUT2D eigenvalue weighted by molar-refractivity contribution is -0.143. The van der Waals surface area contributed by atoms with Gasteiger partial charge in [-0.15, -0.1) is 0 Å². The number of carbonyl (C=O) groups is 2. The SMILES string of the molecule is COc1ccc(OC)c(C(=O)c2ccccc2[P](=O)C(=O)c2c(C(F)(F)F)cccc2C(F)(F)F)c1OC. The Morgan fingerprint density at radius 2 is 1.21 bits per heavy atom. The molecule has 3 rings (SSSR count). The van der Waals surface area contributed by atoms with Crippen LogP contribution in [0.25, 0.3) is 0 Å². The summed E-state index contributed by atoms with van der Waals surface area (Å²) in [5.41, 5.74) is -8.20. The van der Waals surface area contributed by atoms with Gasteiger partial charge in [-0.3, -0.25) is 14.2 Å². The van der Waals surface area contributed by atoms with Gasteiger partial charge in [0.05, 0.1) is 43.3 Å². The van der Waals surface area contributed by atoms with Crippen LogP contribution in [0.2, 0.25) is 0 Å². The molecule has 0 aliphatic carbocycles. The molecule has 0 heterocycles. The van der Waals surface area contributed by atoms with E-state index in [2.05, 4.69) is 0 Å². The molecule has 0 aromatic heterocycles. The fraction of sp³-hybridized carbons (Fsp3) is 0.200. The van der Waals surface area contributed by atoms with Gasteiger partial charge in [0.15, 0.2) is 19.3 Å². The number of halogens is 6. The zero-order valence-corrected chi connectivity index (χ0v) is 20.8. The molecule has 3 aromatic carbocycles. The van der Waals surface area contributed by atoms with E-state index in [1.54, 1.807) is 0 Å². The third-order valence-corrected chi connectivity index (χ3v) is 6.82. The quantitative estimate of drug-likeness (QED) is 0.184. The highest BCUT2D eigenvalue weighted by molar-refractivity contribution is 7.71. The van der Waals surface area contributed by atoms with Crippen LogP contribution >= 0.6 is 7.80 Å². The minimum absolute atomic E-state index is 0.0224. The van der Waals surface area contributed by atoms with Crippen molar-refractivity contribution in [1.29, 1.82) is 0 Å². The first-order valence-electron chi connectivity index (χ1n) is 10.5. The highest BCUT2D eigenvalue weighted by atomic mass is 31.1. The molecule has 1 unspecified atom stereocenters. The minimum atomic E-state index is -5.36. The van der Waals surface area contributed by atoms with Gasteiger partial charge < -0.3 is 14.2 Å². The third-order valence-electron chi connectivity index (χ3n) is 5.40. The predicted octanol–water partition coefficient (Wildman–Crippen LogP) is 6.27. The van der Waals surface area contributed by atoms with Crippen LogP contribution in [0.1, 0.15) is 37.4 Å². The van der Waals surface area contributed by atoms with Crippen molar-refractivity contribution in [2.75, 3.05) is 21.3 Å². The second kappa shape index (κ2) is 10.8. The number of benzene rings is 3. The number of methoxy groups -OCH3 is 3. The maximum atomic E-state index is 13.6. The average molecular weight is 559 g/mol. The van der Waals surface area contributed by atoms with Crippen molar-refractivity contribution in [3.05, 3.63) is 82.4 Å². The molecule has 0 saturated carbocycles. The summed E-state index contributed by atoms with van der Waals surface area (Å²) in [6.07, 6.45) is -10.7. The van der Waals surface area contributed by atoms with E-state index in [1.807, 2.05) is 0 Å². The van der Waals surface area contributed by atoms with E-state index < -0.39 is 59.0 Å². The van der Waals surface area contributed by atoms with Crippen molar-refractivity contribution in [2.45, 2.75) is 12.4 Å². The molecule has 0 aliphatic rings. The number of alkyl halides is 6. The zero-order chi connectivity index (χ0) is 28.4. The van der Waals surface area contributed by atoms with E-state index >= 15 is 0 Å². The number of carbonyl (C=O) groups excluding carboxylic acids is 2. The van der Waals surface area contributed by atoms with Gasteiger partial charge in [0.2, 0.25) is 11.3 Å². The summed E-state index contributed by atoms with van der Waals surface area (Å²) in [6, 6.07) is 8.52. The summed E-state index contributed by atoms with van der Waals surface area (Å²) in [7, 11) is 0.101. The van der Waals surface area contributed by atoms with Crippen LogP contribution in [0.3, 0.4) is 0 Å². The zero-order valence-electron chi connectivity index (χ0n) is 19.9. The first-order valence-corrected chi connectivity index (χ1v) is 11.8. The topological polar surface area (TPSA) is 78.9 Å². The van der Waals surface area contributed by atoms with Crippen molar-refractivity contribution >= 4 is 24.4 Å². The fourth-order valence-corrected chi connectivity index (χ4v) is 5.02.